The Kier molecular flexibility index (Phi) is 4.09. The van der Waals surface area contributed by atoms with Crippen molar-refractivity contribution in [3.63, 3.8) is 0 Å². The van der Waals surface area contributed by atoms with Crippen molar-refractivity contribution >= 4 is 6.09 Å². The van der Waals surface area contributed by atoms with Gasteiger partial charge in [0.05, 0.1) is 6.10 Å². The van der Waals surface area contributed by atoms with Crippen LogP contribution < -0.4 is 0 Å². The monoisotopic (exact) mass is 269 g/mol. The summed E-state index contributed by atoms with van der Waals surface area (Å²) in [7, 11) is 0. The van der Waals surface area contributed by atoms with Crippen molar-refractivity contribution in [3.8, 4) is 0 Å². The van der Waals surface area contributed by atoms with Crippen LogP contribution in [0.25, 0.3) is 0 Å². The second kappa shape index (κ2) is 5.31. The number of hydrogen-bond acceptors (Lipinski definition) is 3. The fourth-order valence-electron chi connectivity index (χ4n) is 3.50. The van der Waals surface area contributed by atoms with Crippen molar-refractivity contribution in [2.75, 3.05) is 6.54 Å². The Hall–Kier alpha value is -0.770. The highest BCUT2D eigenvalue weighted by Crippen LogP contribution is 2.39. The van der Waals surface area contributed by atoms with Gasteiger partial charge in [0.15, 0.2) is 0 Å². The van der Waals surface area contributed by atoms with E-state index in [9.17, 15) is 9.90 Å². The molecule has 2 saturated heterocycles. The zero-order valence-corrected chi connectivity index (χ0v) is 12.6. The van der Waals surface area contributed by atoms with Crippen LogP contribution in [0.5, 0.6) is 0 Å². The van der Waals surface area contributed by atoms with Crippen LogP contribution in [0.3, 0.4) is 0 Å². The minimum Gasteiger partial charge on any atom is -0.444 e. The normalized spacial score (nSPS) is 32.9. The molecule has 3 fully saturated rings. The number of piperidine rings is 1. The molecule has 2 heterocycles. The molecule has 110 valence electrons. The molecular formula is C15H27NO3. The van der Waals surface area contributed by atoms with Gasteiger partial charge >= 0.3 is 6.09 Å². The highest BCUT2D eigenvalue weighted by molar-refractivity contribution is 5.68. The molecule has 2 aliphatic heterocycles. The molecule has 0 radical (unpaired) electrons. The summed E-state index contributed by atoms with van der Waals surface area (Å²) in [4.78, 5) is 14.2. The molecule has 1 saturated carbocycles. The van der Waals surface area contributed by atoms with Crippen LogP contribution in [-0.2, 0) is 4.74 Å². The third-order valence-corrected chi connectivity index (χ3v) is 4.43. The molecule has 4 nitrogen and oxygen atoms in total. The van der Waals surface area contributed by atoms with Crippen molar-refractivity contribution in [2.45, 2.75) is 71.1 Å². The molecule has 0 spiro atoms. The molecule has 3 rings (SSSR count). The Morgan fingerprint density at radius 3 is 2.47 bits per heavy atom. The van der Waals surface area contributed by atoms with E-state index in [1.165, 1.54) is 0 Å². The zero-order valence-electron chi connectivity index (χ0n) is 12.6. The number of ether oxygens (including phenoxy) is 1. The van der Waals surface area contributed by atoms with Crippen LogP contribution in [0.1, 0.15) is 53.4 Å². The van der Waals surface area contributed by atoms with E-state index < -0.39 is 5.60 Å². The van der Waals surface area contributed by atoms with Crippen LogP contribution in [0, 0.1) is 11.8 Å². The van der Waals surface area contributed by atoms with Gasteiger partial charge in [-0.15, -0.1) is 0 Å². The number of carbonyl (C=O) groups is 1. The summed E-state index contributed by atoms with van der Waals surface area (Å²) in [5, 5.41) is 9.90. The number of fused-ring (bicyclic) bond motifs is 4. The first-order chi connectivity index (χ1) is 8.78. The summed E-state index contributed by atoms with van der Waals surface area (Å²) in [6.45, 7) is 8.33. The number of hydrogen-bond donors (Lipinski definition) is 1. The molecule has 4 atom stereocenters. The zero-order chi connectivity index (χ0) is 14.2. The molecule has 3 aliphatic rings. The van der Waals surface area contributed by atoms with Crippen LogP contribution in [0.4, 0.5) is 4.79 Å². The molecule has 1 N–H and O–H groups in total. The quantitative estimate of drug-likeness (QED) is 0.796. The molecule has 4 heteroatoms. The number of aliphatic hydroxyl groups is 1. The van der Waals surface area contributed by atoms with Gasteiger partial charge in [-0.3, -0.25) is 0 Å². The van der Waals surface area contributed by atoms with E-state index >= 15 is 0 Å². The number of carbonyl (C=O) groups excluding carboxylic acids is 1. The van der Waals surface area contributed by atoms with Crippen molar-refractivity contribution in [1.82, 2.24) is 4.90 Å². The predicted molar refractivity (Wildman–Crippen MR) is 73.9 cm³/mol. The molecule has 1 aliphatic carbocycles. The maximum absolute atomic E-state index is 12.3. The van der Waals surface area contributed by atoms with Gasteiger partial charge in [-0.05, 0) is 65.2 Å². The van der Waals surface area contributed by atoms with Gasteiger partial charge in [0, 0.05) is 12.6 Å². The highest BCUT2D eigenvalue weighted by atomic mass is 16.6. The average molecular weight is 269 g/mol. The number of aliphatic hydroxyl groups excluding tert-OH is 1. The van der Waals surface area contributed by atoms with Crippen LogP contribution in [0.15, 0.2) is 0 Å². The highest BCUT2D eigenvalue weighted by Gasteiger charge is 2.41. The lowest BCUT2D eigenvalue weighted by Crippen LogP contribution is -2.48. The third-order valence-electron chi connectivity index (χ3n) is 4.43. The minimum absolute atomic E-state index is 0.187. The molecule has 0 aromatic heterocycles. The average Bonchev–Trinajstić information content (AvgIpc) is 2.57. The van der Waals surface area contributed by atoms with E-state index in [4.69, 9.17) is 4.74 Å². The van der Waals surface area contributed by atoms with Gasteiger partial charge in [-0.25, -0.2) is 4.79 Å². The standard InChI is InChI=1S/C15H27NO3/c1-10(17)13-8-7-12-6-5-11(13)9-16(12)14(18)19-15(2,3)4/h10-13,17H,5-9H2,1-4H3/t10-,11+,12+,13+/m0/s1. The summed E-state index contributed by atoms with van der Waals surface area (Å²) in [6, 6.07) is 0.301. The largest absolute Gasteiger partial charge is 0.444 e. The Labute approximate surface area is 116 Å². The lowest BCUT2D eigenvalue weighted by molar-refractivity contribution is -0.000187. The second-order valence-electron chi connectivity index (χ2n) is 7.11. The first-order valence-electron chi connectivity index (χ1n) is 7.45. The van der Waals surface area contributed by atoms with Crippen LogP contribution in [-0.4, -0.2) is 40.4 Å². The van der Waals surface area contributed by atoms with E-state index in [1.54, 1.807) is 0 Å². The summed E-state index contributed by atoms with van der Waals surface area (Å²) in [6.07, 6.45) is 3.72. The molecule has 2 bridgehead atoms. The van der Waals surface area contributed by atoms with Gasteiger partial charge in [-0.2, -0.15) is 0 Å². The molecule has 0 unspecified atom stereocenters. The molecule has 1 amide bonds. The summed E-state index contributed by atoms with van der Waals surface area (Å²) < 4.78 is 5.51. The van der Waals surface area contributed by atoms with Crippen molar-refractivity contribution in [1.29, 1.82) is 0 Å². The molecular weight excluding hydrogens is 242 g/mol. The molecule has 0 aromatic rings. The summed E-state index contributed by atoms with van der Waals surface area (Å²) in [5.74, 6) is 0.753. The fourth-order valence-corrected chi connectivity index (χ4v) is 3.50. The smallest absolute Gasteiger partial charge is 0.410 e. The Balaban J connectivity index is 2.07. The second-order valence-corrected chi connectivity index (χ2v) is 7.11. The number of amides is 1. The van der Waals surface area contributed by atoms with E-state index in [0.717, 1.165) is 32.2 Å². The van der Waals surface area contributed by atoms with Gasteiger partial charge in [0.1, 0.15) is 5.60 Å². The Morgan fingerprint density at radius 1 is 1.26 bits per heavy atom. The lowest BCUT2D eigenvalue weighted by Gasteiger charge is -2.39. The minimum atomic E-state index is -0.438. The molecule has 19 heavy (non-hydrogen) atoms. The maximum atomic E-state index is 12.3. The maximum Gasteiger partial charge on any atom is 0.410 e. The van der Waals surface area contributed by atoms with Crippen LogP contribution in [0.2, 0.25) is 0 Å². The van der Waals surface area contributed by atoms with Gasteiger partial charge in [-0.1, -0.05) is 0 Å². The first kappa shape index (κ1) is 14.6. The van der Waals surface area contributed by atoms with E-state index in [-0.39, 0.29) is 12.2 Å². The number of nitrogens with zero attached hydrogens (tertiary/aromatic N) is 1. The first-order valence-corrected chi connectivity index (χ1v) is 7.45. The third kappa shape index (κ3) is 3.41. The Bertz CT molecular complexity index is 335. The fraction of sp³-hybridized carbons (Fsp3) is 0.933. The van der Waals surface area contributed by atoms with Crippen molar-refractivity contribution < 1.29 is 14.6 Å². The SMILES string of the molecule is C[C@H](O)[C@H]1CC[C@H]2CC[C@@H]1CN2C(=O)OC(C)(C)C. The Morgan fingerprint density at radius 2 is 1.89 bits per heavy atom. The lowest BCUT2D eigenvalue weighted by atomic mass is 9.83. The summed E-state index contributed by atoms with van der Waals surface area (Å²) in [5.41, 5.74) is -0.438. The topological polar surface area (TPSA) is 49.8 Å². The van der Waals surface area contributed by atoms with Crippen molar-refractivity contribution in [3.05, 3.63) is 0 Å². The van der Waals surface area contributed by atoms with Gasteiger partial charge in [0.2, 0.25) is 0 Å². The van der Waals surface area contributed by atoms with Gasteiger partial charge in [0.25, 0.3) is 0 Å². The van der Waals surface area contributed by atoms with E-state index in [0.29, 0.717) is 17.9 Å². The predicted octanol–water partition coefficient (Wildman–Crippen LogP) is 2.79. The van der Waals surface area contributed by atoms with E-state index in [1.807, 2.05) is 32.6 Å². The van der Waals surface area contributed by atoms with Gasteiger partial charge < -0.3 is 14.7 Å². The van der Waals surface area contributed by atoms with E-state index in [2.05, 4.69) is 0 Å². The summed E-state index contributed by atoms with van der Waals surface area (Å²) >= 11 is 0. The van der Waals surface area contributed by atoms with Crippen LogP contribution >= 0.6 is 0 Å². The van der Waals surface area contributed by atoms with Crippen molar-refractivity contribution in [2.24, 2.45) is 11.8 Å². The number of rotatable bonds is 1. The molecule has 0 aromatic carbocycles.